The van der Waals surface area contributed by atoms with Crippen LogP contribution in [0.5, 0.6) is 0 Å². The van der Waals surface area contributed by atoms with Crippen molar-refractivity contribution in [2.75, 3.05) is 4.72 Å². The van der Waals surface area contributed by atoms with E-state index < -0.39 is 21.8 Å². The zero-order valence-electron chi connectivity index (χ0n) is 14.4. The maximum atomic E-state index is 12.8. The van der Waals surface area contributed by atoms with Gasteiger partial charge >= 0.3 is 6.18 Å². The molecule has 0 fully saturated rings. The average molecular weight is 399 g/mol. The molecule has 144 valence electrons. The smallest absolute Gasteiger partial charge is 0.281 e. The molecule has 0 bridgehead atoms. The second-order valence-corrected chi connectivity index (χ2v) is 7.61. The molecular formula is C16H16F3N5O2S. The van der Waals surface area contributed by atoms with Crippen LogP contribution < -0.4 is 4.72 Å². The lowest BCUT2D eigenvalue weighted by Gasteiger charge is -2.09. The number of nitrogens with one attached hydrogen (secondary N) is 2. The molecule has 0 radical (unpaired) electrons. The molecule has 2 aromatic heterocycles. The molecule has 0 aliphatic heterocycles. The van der Waals surface area contributed by atoms with Crippen molar-refractivity contribution < 1.29 is 21.6 Å². The van der Waals surface area contributed by atoms with E-state index in [2.05, 4.69) is 20.0 Å². The number of aromatic nitrogens is 4. The summed E-state index contributed by atoms with van der Waals surface area (Å²) in [5.74, 6) is 0. The number of aromatic amines is 1. The van der Waals surface area contributed by atoms with E-state index in [-0.39, 0.29) is 17.1 Å². The SMILES string of the molecule is Cc1n[nH]c(C)c1S(=O)(=O)Nc1cnn(Cc2cccc(C(F)(F)F)c2)c1. The van der Waals surface area contributed by atoms with Gasteiger partial charge in [-0.2, -0.15) is 23.4 Å². The lowest BCUT2D eigenvalue weighted by molar-refractivity contribution is -0.137. The topological polar surface area (TPSA) is 92.7 Å². The minimum atomic E-state index is -4.43. The number of halogens is 3. The van der Waals surface area contributed by atoms with Gasteiger partial charge in [-0.1, -0.05) is 12.1 Å². The van der Waals surface area contributed by atoms with Crippen LogP contribution >= 0.6 is 0 Å². The van der Waals surface area contributed by atoms with Crippen LogP contribution in [0.4, 0.5) is 18.9 Å². The highest BCUT2D eigenvalue weighted by Gasteiger charge is 2.30. The Hall–Kier alpha value is -2.82. The predicted molar refractivity (Wildman–Crippen MR) is 91.6 cm³/mol. The molecule has 0 saturated heterocycles. The fourth-order valence-electron chi connectivity index (χ4n) is 2.68. The molecule has 0 unspecified atom stereocenters. The summed E-state index contributed by atoms with van der Waals surface area (Å²) in [7, 11) is -3.86. The highest BCUT2D eigenvalue weighted by molar-refractivity contribution is 7.92. The minimum absolute atomic E-state index is 0.0492. The Labute approximate surface area is 153 Å². The van der Waals surface area contributed by atoms with Gasteiger partial charge in [-0.3, -0.25) is 14.5 Å². The van der Waals surface area contributed by atoms with E-state index in [1.807, 2.05) is 0 Å². The first-order chi connectivity index (χ1) is 12.6. The van der Waals surface area contributed by atoms with Crippen LogP contribution in [0.25, 0.3) is 0 Å². The van der Waals surface area contributed by atoms with Crippen LogP contribution in [0.2, 0.25) is 0 Å². The largest absolute Gasteiger partial charge is 0.416 e. The zero-order valence-corrected chi connectivity index (χ0v) is 15.2. The standard InChI is InChI=1S/C16H16F3N5O2S/c1-10-15(11(2)22-21-10)27(25,26)23-14-7-20-24(9-14)8-12-4-3-5-13(6-12)16(17,18)19/h3-7,9,23H,8H2,1-2H3,(H,21,22). The molecule has 0 aliphatic rings. The normalized spacial score (nSPS) is 12.3. The van der Waals surface area contributed by atoms with Crippen LogP contribution in [0.1, 0.15) is 22.5 Å². The third kappa shape index (κ3) is 4.13. The Morgan fingerprint density at radius 1 is 1.26 bits per heavy atom. The van der Waals surface area contributed by atoms with Gasteiger partial charge in [0, 0.05) is 6.20 Å². The first kappa shape index (κ1) is 19.0. The number of alkyl halides is 3. The minimum Gasteiger partial charge on any atom is -0.281 e. The number of hydrogen-bond acceptors (Lipinski definition) is 4. The Kier molecular flexibility index (Phi) is 4.72. The van der Waals surface area contributed by atoms with Crippen molar-refractivity contribution in [2.24, 2.45) is 0 Å². The summed E-state index contributed by atoms with van der Waals surface area (Å²) in [5.41, 5.74) is 0.567. The van der Waals surface area contributed by atoms with E-state index >= 15 is 0 Å². The summed E-state index contributed by atoms with van der Waals surface area (Å²) in [5, 5.41) is 10.5. The van der Waals surface area contributed by atoms with Gasteiger partial charge in [0.1, 0.15) is 4.90 Å². The van der Waals surface area contributed by atoms with Gasteiger partial charge in [0.25, 0.3) is 10.0 Å². The summed E-state index contributed by atoms with van der Waals surface area (Å²) in [6, 6.07) is 4.88. The fourth-order valence-corrected chi connectivity index (χ4v) is 4.08. The number of rotatable bonds is 5. The predicted octanol–water partition coefficient (Wildman–Crippen LogP) is 3.09. The van der Waals surface area contributed by atoms with Crippen molar-refractivity contribution in [3.63, 3.8) is 0 Å². The van der Waals surface area contributed by atoms with E-state index in [0.717, 1.165) is 12.1 Å². The van der Waals surface area contributed by atoms with Gasteiger partial charge in [0.2, 0.25) is 0 Å². The van der Waals surface area contributed by atoms with Gasteiger partial charge in [0.15, 0.2) is 0 Å². The Balaban J connectivity index is 1.78. The lowest BCUT2D eigenvalue weighted by Crippen LogP contribution is -2.14. The highest BCUT2D eigenvalue weighted by atomic mass is 32.2. The van der Waals surface area contributed by atoms with Crippen molar-refractivity contribution in [1.82, 2.24) is 20.0 Å². The molecule has 0 atom stereocenters. The molecule has 0 aliphatic carbocycles. The van der Waals surface area contributed by atoms with Crippen molar-refractivity contribution in [1.29, 1.82) is 0 Å². The zero-order chi connectivity index (χ0) is 19.8. The molecule has 3 aromatic rings. The molecule has 3 rings (SSSR count). The van der Waals surface area contributed by atoms with Gasteiger partial charge in [-0.05, 0) is 31.5 Å². The summed E-state index contributed by atoms with van der Waals surface area (Å²) >= 11 is 0. The van der Waals surface area contributed by atoms with E-state index in [9.17, 15) is 21.6 Å². The molecule has 0 spiro atoms. The fraction of sp³-hybridized carbons (Fsp3) is 0.250. The van der Waals surface area contributed by atoms with Crippen molar-refractivity contribution in [2.45, 2.75) is 31.5 Å². The van der Waals surface area contributed by atoms with Crippen molar-refractivity contribution in [3.8, 4) is 0 Å². The molecule has 0 saturated carbocycles. The van der Waals surface area contributed by atoms with Crippen LogP contribution in [0.3, 0.4) is 0 Å². The monoisotopic (exact) mass is 399 g/mol. The first-order valence-electron chi connectivity index (χ1n) is 7.79. The van der Waals surface area contributed by atoms with Gasteiger partial charge in [0.05, 0.1) is 35.4 Å². The van der Waals surface area contributed by atoms with E-state index in [1.54, 1.807) is 19.9 Å². The first-order valence-corrected chi connectivity index (χ1v) is 9.27. The van der Waals surface area contributed by atoms with E-state index in [1.165, 1.54) is 23.1 Å². The number of nitrogens with zero attached hydrogens (tertiary/aromatic N) is 3. The molecule has 7 nitrogen and oxygen atoms in total. The summed E-state index contributed by atoms with van der Waals surface area (Å²) < 4.78 is 67.1. The average Bonchev–Trinajstić information content (AvgIpc) is 3.12. The van der Waals surface area contributed by atoms with Crippen LogP contribution in [-0.4, -0.2) is 28.4 Å². The molecule has 2 N–H and O–H groups in total. The maximum absolute atomic E-state index is 12.8. The molecule has 2 heterocycles. The molecular weight excluding hydrogens is 383 g/mol. The van der Waals surface area contributed by atoms with Gasteiger partial charge in [-0.15, -0.1) is 0 Å². The van der Waals surface area contributed by atoms with E-state index in [4.69, 9.17) is 0 Å². The van der Waals surface area contributed by atoms with Gasteiger partial charge < -0.3 is 0 Å². The van der Waals surface area contributed by atoms with Crippen molar-refractivity contribution >= 4 is 15.7 Å². The lowest BCUT2D eigenvalue weighted by atomic mass is 10.1. The molecule has 11 heteroatoms. The van der Waals surface area contributed by atoms with Crippen LogP contribution in [0.15, 0.2) is 41.6 Å². The van der Waals surface area contributed by atoms with Crippen LogP contribution in [-0.2, 0) is 22.7 Å². The number of hydrogen-bond donors (Lipinski definition) is 2. The number of aryl methyl sites for hydroxylation is 2. The van der Waals surface area contributed by atoms with Crippen molar-refractivity contribution in [3.05, 3.63) is 59.2 Å². The summed E-state index contributed by atoms with van der Waals surface area (Å²) in [6.45, 7) is 3.22. The number of H-pyrrole nitrogens is 1. The van der Waals surface area contributed by atoms with Crippen LogP contribution in [0, 0.1) is 13.8 Å². The summed E-state index contributed by atoms with van der Waals surface area (Å²) in [6.07, 6.45) is -1.74. The third-order valence-electron chi connectivity index (χ3n) is 3.81. The second kappa shape index (κ2) is 6.72. The molecule has 0 amide bonds. The number of benzene rings is 1. The quantitative estimate of drug-likeness (QED) is 0.690. The number of anilines is 1. The Bertz CT molecular complexity index is 1050. The third-order valence-corrected chi connectivity index (χ3v) is 5.46. The molecule has 27 heavy (non-hydrogen) atoms. The highest BCUT2D eigenvalue weighted by Crippen LogP contribution is 2.29. The number of sulfonamides is 1. The molecule has 1 aromatic carbocycles. The van der Waals surface area contributed by atoms with E-state index in [0.29, 0.717) is 17.0 Å². The van der Waals surface area contributed by atoms with Gasteiger partial charge in [-0.25, -0.2) is 8.42 Å². The second-order valence-electron chi connectivity index (χ2n) is 5.99. The summed E-state index contributed by atoms with van der Waals surface area (Å²) in [4.78, 5) is 0.0492. The Morgan fingerprint density at radius 3 is 2.63 bits per heavy atom. The maximum Gasteiger partial charge on any atom is 0.416 e. The Morgan fingerprint density at radius 2 is 2.00 bits per heavy atom.